The lowest BCUT2D eigenvalue weighted by Gasteiger charge is -2.04. The number of hydrogen-bond donors (Lipinski definition) is 2. The van der Waals surface area contributed by atoms with Crippen molar-refractivity contribution in [3.05, 3.63) is 17.9 Å². The van der Waals surface area contributed by atoms with Crippen molar-refractivity contribution in [2.75, 3.05) is 11.9 Å². The monoisotopic (exact) mass is 337 g/mol. The number of carbonyl (C=O) groups is 1. The predicted molar refractivity (Wildman–Crippen MR) is 99.9 cm³/mol. The third-order valence-corrected chi connectivity index (χ3v) is 4.40. The molecule has 0 aliphatic carbocycles. The van der Waals surface area contributed by atoms with E-state index in [0.717, 1.165) is 13.0 Å². The molecule has 0 spiro atoms. The van der Waals surface area contributed by atoms with E-state index in [4.69, 9.17) is 9.52 Å². The molecule has 0 bridgehead atoms. The third-order valence-electron chi connectivity index (χ3n) is 4.40. The Kier molecular flexibility index (Phi) is 12.0. The van der Waals surface area contributed by atoms with Crippen LogP contribution in [0.1, 0.15) is 101 Å². The van der Waals surface area contributed by atoms with Gasteiger partial charge < -0.3 is 14.8 Å². The molecule has 4 nitrogen and oxygen atoms in total. The van der Waals surface area contributed by atoms with Crippen molar-refractivity contribution in [2.45, 2.75) is 90.4 Å². The largest absolute Gasteiger partial charge is 0.475 e. The molecule has 0 radical (unpaired) electrons. The van der Waals surface area contributed by atoms with Crippen LogP contribution in [0.15, 0.2) is 16.5 Å². The number of nitrogens with one attached hydrogen (secondary N) is 1. The minimum atomic E-state index is -1.02. The fourth-order valence-electron chi connectivity index (χ4n) is 2.90. The summed E-state index contributed by atoms with van der Waals surface area (Å²) in [6.07, 6.45) is 17.5. The maximum absolute atomic E-state index is 10.7. The Morgan fingerprint density at radius 2 is 1.38 bits per heavy atom. The Morgan fingerprint density at radius 3 is 1.83 bits per heavy atom. The quantitative estimate of drug-likeness (QED) is 0.339. The van der Waals surface area contributed by atoms with Gasteiger partial charge in [-0.3, -0.25) is 0 Å². The smallest absolute Gasteiger partial charge is 0.371 e. The minimum absolute atomic E-state index is 0.0112. The minimum Gasteiger partial charge on any atom is -0.475 e. The lowest BCUT2D eigenvalue weighted by Crippen LogP contribution is -2.00. The molecule has 0 aliphatic rings. The second-order valence-corrected chi connectivity index (χ2v) is 6.64. The van der Waals surface area contributed by atoms with Gasteiger partial charge in [0.15, 0.2) is 5.88 Å². The molecule has 0 fully saturated rings. The molecule has 24 heavy (non-hydrogen) atoms. The van der Waals surface area contributed by atoms with Gasteiger partial charge in [0.25, 0.3) is 0 Å². The summed E-state index contributed by atoms with van der Waals surface area (Å²) < 4.78 is 5.15. The fourth-order valence-corrected chi connectivity index (χ4v) is 2.90. The Labute approximate surface area is 147 Å². The molecule has 0 aliphatic heterocycles. The van der Waals surface area contributed by atoms with Gasteiger partial charge in [0.2, 0.25) is 5.76 Å². The summed E-state index contributed by atoms with van der Waals surface area (Å²) in [6.45, 7) is 3.10. The first kappa shape index (κ1) is 20.6. The number of anilines is 1. The first-order valence-electron chi connectivity index (χ1n) is 9.81. The SMILES string of the molecule is CCCCCCCCCCCCCCCNc1ccc(C(=O)O)o1. The lowest BCUT2D eigenvalue weighted by atomic mass is 10.0. The summed E-state index contributed by atoms with van der Waals surface area (Å²) in [5.74, 6) is -0.488. The number of unbranched alkanes of at least 4 members (excludes halogenated alkanes) is 12. The first-order valence-corrected chi connectivity index (χ1v) is 9.81. The van der Waals surface area contributed by atoms with Crippen LogP contribution >= 0.6 is 0 Å². The summed E-state index contributed by atoms with van der Waals surface area (Å²) >= 11 is 0. The molecule has 138 valence electrons. The molecule has 4 heteroatoms. The summed E-state index contributed by atoms with van der Waals surface area (Å²) in [7, 11) is 0. The highest BCUT2D eigenvalue weighted by Gasteiger charge is 2.07. The van der Waals surface area contributed by atoms with Crippen molar-refractivity contribution in [1.82, 2.24) is 0 Å². The van der Waals surface area contributed by atoms with Crippen LogP contribution in [0, 0.1) is 0 Å². The Bertz CT molecular complexity index is 428. The molecule has 0 atom stereocenters. The average molecular weight is 338 g/mol. The summed E-state index contributed by atoms with van der Waals surface area (Å²) in [5.41, 5.74) is 0. The van der Waals surface area contributed by atoms with E-state index in [1.54, 1.807) is 6.07 Å². The van der Waals surface area contributed by atoms with E-state index in [1.165, 1.54) is 83.1 Å². The van der Waals surface area contributed by atoms with Crippen LogP contribution < -0.4 is 5.32 Å². The second-order valence-electron chi connectivity index (χ2n) is 6.64. The van der Waals surface area contributed by atoms with Gasteiger partial charge in [-0.05, 0) is 12.5 Å². The average Bonchev–Trinajstić information content (AvgIpc) is 3.04. The molecule has 1 aromatic rings. The van der Waals surface area contributed by atoms with E-state index in [0.29, 0.717) is 5.88 Å². The number of aromatic carboxylic acids is 1. The van der Waals surface area contributed by atoms with Crippen molar-refractivity contribution in [3.8, 4) is 0 Å². The molecule has 0 aromatic carbocycles. The van der Waals surface area contributed by atoms with Crippen molar-refractivity contribution in [2.24, 2.45) is 0 Å². The van der Waals surface area contributed by atoms with Crippen molar-refractivity contribution in [1.29, 1.82) is 0 Å². The molecule has 0 amide bonds. The second kappa shape index (κ2) is 13.9. The summed E-state index contributed by atoms with van der Waals surface area (Å²) in [6, 6.07) is 3.15. The van der Waals surface area contributed by atoms with E-state index in [2.05, 4.69) is 12.2 Å². The van der Waals surface area contributed by atoms with Crippen LogP contribution in [0.3, 0.4) is 0 Å². The zero-order valence-corrected chi connectivity index (χ0v) is 15.3. The summed E-state index contributed by atoms with van der Waals surface area (Å²) in [5, 5.41) is 11.9. The number of rotatable bonds is 16. The number of carboxylic acids is 1. The third kappa shape index (κ3) is 10.3. The van der Waals surface area contributed by atoms with Gasteiger partial charge >= 0.3 is 5.97 Å². The Morgan fingerprint density at radius 1 is 0.875 bits per heavy atom. The molecular weight excluding hydrogens is 302 g/mol. The molecule has 0 saturated heterocycles. The van der Waals surface area contributed by atoms with Gasteiger partial charge in [0.05, 0.1) is 0 Å². The first-order chi connectivity index (χ1) is 11.7. The normalized spacial score (nSPS) is 10.9. The van der Waals surface area contributed by atoms with Crippen LogP contribution in [-0.2, 0) is 0 Å². The van der Waals surface area contributed by atoms with Crippen molar-refractivity contribution in [3.63, 3.8) is 0 Å². The molecule has 1 rings (SSSR count). The number of carboxylic acid groups (broad SMARTS) is 1. The van der Waals surface area contributed by atoms with Gasteiger partial charge in [0.1, 0.15) is 0 Å². The van der Waals surface area contributed by atoms with Crippen molar-refractivity contribution >= 4 is 11.9 Å². The van der Waals surface area contributed by atoms with Gasteiger partial charge in [-0.2, -0.15) is 0 Å². The van der Waals surface area contributed by atoms with Gasteiger partial charge in [0, 0.05) is 12.6 Å². The molecule has 2 N–H and O–H groups in total. The molecular formula is C20H35NO3. The van der Waals surface area contributed by atoms with E-state index < -0.39 is 5.97 Å². The maximum atomic E-state index is 10.7. The Hall–Kier alpha value is -1.45. The standard InChI is InChI=1S/C20H35NO3/c1-2-3-4-5-6-7-8-9-10-11-12-13-14-17-21-19-16-15-18(24-19)20(22)23/h15-16,21H,2-14,17H2,1H3,(H,22,23). The summed E-state index contributed by atoms with van der Waals surface area (Å²) in [4.78, 5) is 10.7. The maximum Gasteiger partial charge on any atom is 0.371 e. The van der Waals surface area contributed by atoms with Crippen molar-refractivity contribution < 1.29 is 14.3 Å². The van der Waals surface area contributed by atoms with Crippen LogP contribution in [0.5, 0.6) is 0 Å². The zero-order chi connectivity index (χ0) is 17.5. The van der Waals surface area contributed by atoms with E-state index in [1.807, 2.05) is 0 Å². The van der Waals surface area contributed by atoms with Crippen LogP contribution in [-0.4, -0.2) is 17.6 Å². The lowest BCUT2D eigenvalue weighted by molar-refractivity contribution is 0.0663. The van der Waals surface area contributed by atoms with E-state index in [-0.39, 0.29) is 5.76 Å². The zero-order valence-electron chi connectivity index (χ0n) is 15.3. The van der Waals surface area contributed by atoms with E-state index >= 15 is 0 Å². The molecule has 1 aromatic heterocycles. The highest BCUT2D eigenvalue weighted by atomic mass is 16.4. The highest BCUT2D eigenvalue weighted by molar-refractivity contribution is 5.84. The predicted octanol–water partition coefficient (Wildman–Crippen LogP) is 6.48. The molecule has 0 saturated carbocycles. The highest BCUT2D eigenvalue weighted by Crippen LogP contribution is 2.14. The van der Waals surface area contributed by atoms with Gasteiger partial charge in [-0.1, -0.05) is 84.0 Å². The molecule has 1 heterocycles. The number of furan rings is 1. The van der Waals surface area contributed by atoms with Gasteiger partial charge in [-0.15, -0.1) is 0 Å². The van der Waals surface area contributed by atoms with Crippen LogP contribution in [0.4, 0.5) is 5.88 Å². The Balaban J connectivity index is 1.81. The fraction of sp³-hybridized carbons (Fsp3) is 0.750. The van der Waals surface area contributed by atoms with E-state index in [9.17, 15) is 4.79 Å². The van der Waals surface area contributed by atoms with Crippen LogP contribution in [0.2, 0.25) is 0 Å². The van der Waals surface area contributed by atoms with Crippen LogP contribution in [0.25, 0.3) is 0 Å². The number of hydrogen-bond acceptors (Lipinski definition) is 3. The molecule has 0 unspecified atom stereocenters. The van der Waals surface area contributed by atoms with Gasteiger partial charge in [-0.25, -0.2) is 4.79 Å². The topological polar surface area (TPSA) is 62.5 Å².